The molecule has 0 aliphatic rings. The van der Waals surface area contributed by atoms with Crippen molar-refractivity contribution in [3.05, 3.63) is 44.9 Å². The van der Waals surface area contributed by atoms with Gasteiger partial charge in [0.1, 0.15) is 16.9 Å². The molecular formula is C17H24ClIN4OS. The summed E-state index contributed by atoms with van der Waals surface area (Å²) in [6.45, 7) is 7.38. The first-order chi connectivity index (χ1) is 11.5. The zero-order valence-electron chi connectivity index (χ0n) is 14.8. The van der Waals surface area contributed by atoms with Crippen LogP contribution in [0.5, 0.6) is 5.75 Å². The molecule has 0 radical (unpaired) electrons. The van der Waals surface area contributed by atoms with Gasteiger partial charge in [0.2, 0.25) is 0 Å². The average Bonchev–Trinajstić information content (AvgIpc) is 2.86. The van der Waals surface area contributed by atoms with E-state index in [2.05, 4.69) is 27.5 Å². The fourth-order valence-electron chi connectivity index (χ4n) is 2.05. The van der Waals surface area contributed by atoms with E-state index in [0.717, 1.165) is 22.4 Å². The molecule has 1 aromatic carbocycles. The largest absolute Gasteiger partial charge is 0.489 e. The van der Waals surface area contributed by atoms with Gasteiger partial charge in [-0.05, 0) is 39.0 Å². The second-order valence-electron chi connectivity index (χ2n) is 5.44. The Morgan fingerprint density at radius 2 is 2.12 bits per heavy atom. The highest BCUT2D eigenvalue weighted by Gasteiger charge is 2.08. The Balaban J connectivity index is 0.00000312. The third-order valence-electron chi connectivity index (χ3n) is 3.39. The van der Waals surface area contributed by atoms with E-state index in [1.807, 2.05) is 32.0 Å². The molecular weight excluding hydrogens is 471 g/mol. The van der Waals surface area contributed by atoms with Gasteiger partial charge in [0.25, 0.3) is 0 Å². The highest BCUT2D eigenvalue weighted by Crippen LogP contribution is 2.18. The third-order valence-corrected chi connectivity index (χ3v) is 4.70. The molecule has 0 saturated carbocycles. The molecule has 0 aliphatic heterocycles. The molecule has 2 aromatic rings. The molecule has 0 amide bonds. The summed E-state index contributed by atoms with van der Waals surface area (Å²) in [6, 6.07) is 7.39. The fraction of sp³-hybridized carbons (Fsp3) is 0.412. The highest BCUT2D eigenvalue weighted by atomic mass is 127. The summed E-state index contributed by atoms with van der Waals surface area (Å²) in [5.41, 5.74) is 1.09. The van der Waals surface area contributed by atoms with Gasteiger partial charge in [-0.1, -0.05) is 17.7 Å². The van der Waals surface area contributed by atoms with Gasteiger partial charge in [-0.15, -0.1) is 35.3 Å². The van der Waals surface area contributed by atoms with Crippen LogP contribution in [0.3, 0.4) is 0 Å². The van der Waals surface area contributed by atoms with Gasteiger partial charge < -0.3 is 15.4 Å². The average molecular weight is 495 g/mol. The summed E-state index contributed by atoms with van der Waals surface area (Å²) in [6.07, 6.45) is -0.0219. The summed E-state index contributed by atoms with van der Waals surface area (Å²) in [4.78, 5) is 9.98. The number of aliphatic imine (C=N–C) groups is 1. The van der Waals surface area contributed by atoms with Gasteiger partial charge in [0, 0.05) is 16.9 Å². The molecule has 138 valence electrons. The van der Waals surface area contributed by atoms with Crippen LogP contribution in [0.25, 0.3) is 0 Å². The van der Waals surface area contributed by atoms with Crippen LogP contribution in [0.4, 0.5) is 0 Å². The molecule has 0 fully saturated rings. The van der Waals surface area contributed by atoms with E-state index in [1.165, 1.54) is 4.88 Å². The topological polar surface area (TPSA) is 58.5 Å². The number of nitrogens with zero attached hydrogens (tertiary/aromatic N) is 2. The molecule has 1 atom stereocenters. The number of nitrogens with one attached hydrogen (secondary N) is 2. The number of thiazole rings is 1. The SMILES string of the molecule is CN=C(NCc1nc(C)c(C)s1)NCC(C)Oc1cccc(Cl)c1.I. The van der Waals surface area contributed by atoms with Crippen LogP contribution < -0.4 is 15.4 Å². The van der Waals surface area contributed by atoms with Crippen LogP contribution >= 0.6 is 46.9 Å². The first-order valence-electron chi connectivity index (χ1n) is 7.77. The lowest BCUT2D eigenvalue weighted by molar-refractivity contribution is 0.224. The molecule has 0 saturated heterocycles. The molecule has 0 spiro atoms. The number of hydrogen-bond acceptors (Lipinski definition) is 4. The number of guanidine groups is 1. The van der Waals surface area contributed by atoms with Crippen molar-refractivity contribution in [2.45, 2.75) is 33.4 Å². The predicted octanol–water partition coefficient (Wildman–Crippen LogP) is 4.16. The molecule has 1 unspecified atom stereocenters. The number of rotatable bonds is 6. The Labute approximate surface area is 175 Å². The molecule has 2 rings (SSSR count). The van der Waals surface area contributed by atoms with E-state index in [-0.39, 0.29) is 30.1 Å². The lowest BCUT2D eigenvalue weighted by Gasteiger charge is -2.17. The van der Waals surface area contributed by atoms with Crippen LogP contribution in [0.15, 0.2) is 29.3 Å². The Bertz CT molecular complexity index is 688. The molecule has 2 N–H and O–H groups in total. The van der Waals surface area contributed by atoms with Crippen molar-refractivity contribution in [3.63, 3.8) is 0 Å². The predicted molar refractivity (Wildman–Crippen MR) is 117 cm³/mol. The minimum atomic E-state index is -0.0219. The Hall–Kier alpha value is -1.06. The molecule has 1 heterocycles. The number of benzene rings is 1. The zero-order valence-corrected chi connectivity index (χ0v) is 18.7. The smallest absolute Gasteiger partial charge is 0.191 e. The van der Waals surface area contributed by atoms with Crippen molar-refractivity contribution in [3.8, 4) is 5.75 Å². The fourth-order valence-corrected chi connectivity index (χ4v) is 3.10. The number of halogens is 2. The highest BCUT2D eigenvalue weighted by molar-refractivity contribution is 14.0. The first-order valence-corrected chi connectivity index (χ1v) is 8.97. The zero-order chi connectivity index (χ0) is 17.5. The Kier molecular flexibility index (Phi) is 9.52. The van der Waals surface area contributed by atoms with E-state index in [1.54, 1.807) is 24.5 Å². The summed E-state index contributed by atoms with van der Waals surface area (Å²) in [7, 11) is 1.75. The van der Waals surface area contributed by atoms with Crippen LogP contribution in [0.2, 0.25) is 5.02 Å². The maximum absolute atomic E-state index is 5.96. The Morgan fingerprint density at radius 3 is 2.72 bits per heavy atom. The lowest BCUT2D eigenvalue weighted by atomic mass is 10.3. The van der Waals surface area contributed by atoms with Crippen LogP contribution in [0.1, 0.15) is 22.5 Å². The van der Waals surface area contributed by atoms with Crippen LogP contribution in [-0.2, 0) is 6.54 Å². The second-order valence-corrected chi connectivity index (χ2v) is 7.17. The molecule has 5 nitrogen and oxygen atoms in total. The van der Waals surface area contributed by atoms with Gasteiger partial charge in [-0.25, -0.2) is 4.98 Å². The molecule has 0 aliphatic carbocycles. The van der Waals surface area contributed by atoms with Gasteiger partial charge in [-0.3, -0.25) is 4.99 Å². The first kappa shape index (κ1) is 22.0. The Morgan fingerprint density at radius 1 is 1.36 bits per heavy atom. The van der Waals surface area contributed by atoms with Crippen LogP contribution in [0, 0.1) is 13.8 Å². The standard InChI is InChI=1S/C17H23ClN4OS.HI/c1-11(23-15-7-5-6-14(18)8-15)9-20-17(19-4)21-10-16-22-12(2)13(3)24-16;/h5-8,11H,9-10H2,1-4H3,(H2,19,20,21);1H. The van der Waals surface area contributed by atoms with E-state index >= 15 is 0 Å². The van der Waals surface area contributed by atoms with E-state index in [0.29, 0.717) is 18.1 Å². The quantitative estimate of drug-likeness (QED) is 0.360. The third kappa shape index (κ3) is 7.37. The van der Waals surface area contributed by atoms with Crippen molar-refractivity contribution in [1.29, 1.82) is 0 Å². The van der Waals surface area contributed by atoms with Gasteiger partial charge in [0.15, 0.2) is 5.96 Å². The summed E-state index contributed by atoms with van der Waals surface area (Å²) in [5, 5.41) is 8.24. The second kappa shape index (κ2) is 10.8. The molecule has 0 bridgehead atoms. The maximum Gasteiger partial charge on any atom is 0.191 e. The molecule has 25 heavy (non-hydrogen) atoms. The van der Waals surface area contributed by atoms with Crippen molar-refractivity contribution < 1.29 is 4.74 Å². The monoisotopic (exact) mass is 494 g/mol. The number of aromatic nitrogens is 1. The molecule has 1 aromatic heterocycles. The van der Waals surface area contributed by atoms with E-state index in [4.69, 9.17) is 16.3 Å². The van der Waals surface area contributed by atoms with Crippen molar-refractivity contribution in [1.82, 2.24) is 15.6 Å². The van der Waals surface area contributed by atoms with Crippen molar-refractivity contribution >= 4 is 52.9 Å². The van der Waals surface area contributed by atoms with Gasteiger partial charge >= 0.3 is 0 Å². The van der Waals surface area contributed by atoms with Crippen molar-refractivity contribution in [2.24, 2.45) is 4.99 Å². The summed E-state index contributed by atoms with van der Waals surface area (Å²) in [5.74, 6) is 1.48. The minimum absolute atomic E-state index is 0. The minimum Gasteiger partial charge on any atom is -0.489 e. The van der Waals surface area contributed by atoms with E-state index < -0.39 is 0 Å². The summed E-state index contributed by atoms with van der Waals surface area (Å²) >= 11 is 7.66. The van der Waals surface area contributed by atoms with Gasteiger partial charge in [-0.2, -0.15) is 0 Å². The van der Waals surface area contributed by atoms with E-state index in [9.17, 15) is 0 Å². The van der Waals surface area contributed by atoms with Crippen LogP contribution in [-0.4, -0.2) is 30.6 Å². The van der Waals surface area contributed by atoms with Gasteiger partial charge in [0.05, 0.1) is 18.8 Å². The normalized spacial score (nSPS) is 12.3. The molecule has 8 heteroatoms. The number of aryl methyl sites for hydroxylation is 2. The maximum atomic E-state index is 5.96. The number of hydrogen-bond donors (Lipinski definition) is 2. The summed E-state index contributed by atoms with van der Waals surface area (Å²) < 4.78 is 5.83. The van der Waals surface area contributed by atoms with Crippen molar-refractivity contribution in [2.75, 3.05) is 13.6 Å². The number of ether oxygens (including phenoxy) is 1. The lowest BCUT2D eigenvalue weighted by Crippen LogP contribution is -2.41.